The number of nitrogens with zero attached hydrogens (tertiary/aromatic N) is 4. The summed E-state index contributed by atoms with van der Waals surface area (Å²) in [4.78, 5) is 49.9. The number of esters is 1. The van der Waals surface area contributed by atoms with Gasteiger partial charge in [0.25, 0.3) is 0 Å². The maximum absolute atomic E-state index is 11.9. The maximum atomic E-state index is 11.9. The summed E-state index contributed by atoms with van der Waals surface area (Å²) < 4.78 is 17.5. The van der Waals surface area contributed by atoms with Crippen LogP contribution in [0.5, 0.6) is 11.5 Å². The largest absolute Gasteiger partial charge is 0.493 e. The Morgan fingerprint density at radius 2 is 0.713 bits per heavy atom. The minimum Gasteiger partial charge on any atom is -0.493 e. The van der Waals surface area contributed by atoms with Crippen molar-refractivity contribution in [3.8, 4) is 23.6 Å². The van der Waals surface area contributed by atoms with Crippen molar-refractivity contribution in [3.63, 3.8) is 0 Å². The van der Waals surface area contributed by atoms with Crippen molar-refractivity contribution in [2.75, 3.05) is 23.0 Å². The van der Waals surface area contributed by atoms with E-state index in [0.29, 0.717) is 48.7 Å². The lowest BCUT2D eigenvalue weighted by atomic mass is 10.1. The normalized spacial score (nSPS) is 11.4. The zero-order valence-electron chi connectivity index (χ0n) is 53.5. The average molecular weight is 1260 g/mol. The Kier molecular flexibility index (Phi) is 27.8. The molecule has 0 unspecified atom stereocenters. The number of anilines is 6. The molecule has 0 saturated carbocycles. The number of hydrogen-bond donors (Lipinski definition) is 3. The quantitative estimate of drug-likeness (QED) is 0.0118. The maximum Gasteiger partial charge on any atom is 0.346 e. The van der Waals surface area contributed by atoms with E-state index in [0.717, 1.165) is 114 Å². The molecule has 8 aromatic carbocycles. The fraction of sp³-hybridized carbons (Fsp3) is 0.225. The average Bonchev–Trinajstić information content (AvgIpc) is 0.867. The molecule has 0 spiro atoms. The third-order valence-corrected chi connectivity index (χ3v) is 14.7. The molecule has 8 rings (SSSR count). The summed E-state index contributed by atoms with van der Waals surface area (Å²) in [6.45, 7) is 6.46. The van der Waals surface area contributed by atoms with Crippen LogP contribution in [-0.4, -0.2) is 58.0 Å². The number of nitriles is 2. The minimum atomic E-state index is -1.30. The number of carbonyl (C=O) groups is 4. The van der Waals surface area contributed by atoms with Gasteiger partial charge in [-0.05, 0) is 166 Å². The summed E-state index contributed by atoms with van der Waals surface area (Å²) in [5, 5.41) is 46.1. The second-order valence-corrected chi connectivity index (χ2v) is 23.1. The summed E-state index contributed by atoms with van der Waals surface area (Å²) in [6, 6.07) is 71.9. The first kappa shape index (κ1) is 70.2. The van der Waals surface area contributed by atoms with E-state index in [4.69, 9.17) is 19.3 Å². The van der Waals surface area contributed by atoms with Gasteiger partial charge in [0.2, 0.25) is 0 Å². The number of benzene rings is 8. The summed E-state index contributed by atoms with van der Waals surface area (Å²) >= 11 is 0. The van der Waals surface area contributed by atoms with Gasteiger partial charge in [0, 0.05) is 58.1 Å². The Morgan fingerprint density at radius 3 is 1.04 bits per heavy atom. The number of ether oxygens (including phenoxy) is 3. The zero-order valence-corrected chi connectivity index (χ0v) is 53.5. The highest BCUT2D eigenvalue weighted by atomic mass is 16.6. The monoisotopic (exact) mass is 1260 g/mol. The van der Waals surface area contributed by atoms with Crippen molar-refractivity contribution in [1.29, 1.82) is 10.5 Å². The standard InChI is InChI=1S/C42H44N2O5.C38H36N2O5/c1-42(2,3)49-40(45)19-13-5-4-6-14-28-48-39-29-33(22-25-34(39)30-35(31-43)41(46)47)21-20-32-23-26-38(27-24-32)44(36-15-9-7-10-16-36)37-17-11-8-12-18-37;39-28-32(38(43)44)27-31-22-19-30(26-36(31)45-25-11-3-1-2-10-16-37(41)42)18-17-29-20-23-35(24-21-29)40(33-12-6-4-7-13-33)34-14-8-5-9-15-34/h7-12,15-18,20-27,29-30H,4-6,13-14,19,28H2,1-3H3,(H,46,47);4-9,12-15,17-24,26-27H,1-3,10-11,16,25H2,(H,41,42)(H,43,44)/b21-20+,35-30-;18-17+,32-27-. The molecule has 0 aromatic heterocycles. The van der Waals surface area contributed by atoms with Gasteiger partial charge < -0.3 is 39.3 Å². The van der Waals surface area contributed by atoms with Gasteiger partial charge in [-0.25, -0.2) is 9.59 Å². The second-order valence-electron chi connectivity index (χ2n) is 23.1. The SMILES string of the molecule is CC(C)(C)OC(=O)CCCCCCCOc1cc(/C=C/c2ccc(N(c3ccccc3)c3ccccc3)cc2)ccc1/C=C(/C#N)C(=O)O.N#C/C(=C/c1ccc(/C=C/c2ccc(N(c3ccccc3)c3ccccc3)cc2)cc1OCCCCCCCC(=O)O)C(=O)O. The molecule has 0 heterocycles. The van der Waals surface area contributed by atoms with Crippen molar-refractivity contribution >= 4 is 94.5 Å². The molecule has 0 fully saturated rings. The molecule has 0 radical (unpaired) electrons. The Labute approximate surface area is 551 Å². The Bertz CT molecular complexity index is 3860. The fourth-order valence-electron chi connectivity index (χ4n) is 10.0. The van der Waals surface area contributed by atoms with Crippen molar-refractivity contribution in [2.24, 2.45) is 0 Å². The molecule has 0 amide bonds. The molecular weight excluding hydrogens is 1180 g/mol. The number of unbranched alkanes of at least 4 members (excludes halogenated alkanes) is 8. The molecule has 3 N–H and O–H groups in total. The highest BCUT2D eigenvalue weighted by Crippen LogP contribution is 2.37. The number of aliphatic carboxylic acids is 3. The molecule has 14 heteroatoms. The lowest BCUT2D eigenvalue weighted by molar-refractivity contribution is -0.155. The van der Waals surface area contributed by atoms with Crippen LogP contribution in [0.25, 0.3) is 36.5 Å². The van der Waals surface area contributed by atoms with Crippen LogP contribution >= 0.6 is 0 Å². The Hall–Kier alpha value is -11.2. The number of rotatable bonds is 32. The number of carboxylic acid groups (broad SMARTS) is 3. The molecular formula is C80H80N4O10. The smallest absolute Gasteiger partial charge is 0.346 e. The van der Waals surface area contributed by atoms with Crippen LogP contribution < -0.4 is 19.3 Å². The van der Waals surface area contributed by atoms with E-state index in [1.165, 1.54) is 12.2 Å². The van der Waals surface area contributed by atoms with Crippen LogP contribution in [0.3, 0.4) is 0 Å². The van der Waals surface area contributed by atoms with Crippen LogP contribution in [0.15, 0.2) is 217 Å². The molecule has 0 aliphatic rings. The van der Waals surface area contributed by atoms with E-state index in [1.807, 2.05) is 142 Å². The van der Waals surface area contributed by atoms with Gasteiger partial charge in [-0.2, -0.15) is 10.5 Å². The predicted molar refractivity (Wildman–Crippen MR) is 375 cm³/mol. The van der Waals surface area contributed by atoms with Crippen LogP contribution in [0.4, 0.5) is 34.1 Å². The first-order chi connectivity index (χ1) is 45.6. The van der Waals surface area contributed by atoms with Crippen molar-refractivity contribution in [3.05, 3.63) is 251 Å². The Balaban J connectivity index is 0.000000267. The van der Waals surface area contributed by atoms with E-state index >= 15 is 0 Å². The summed E-state index contributed by atoms with van der Waals surface area (Å²) in [5.74, 6) is -2.52. The van der Waals surface area contributed by atoms with Crippen LogP contribution in [0.1, 0.15) is 131 Å². The molecule has 0 bridgehead atoms. The molecule has 0 aliphatic carbocycles. The van der Waals surface area contributed by atoms with E-state index in [1.54, 1.807) is 24.3 Å². The molecule has 0 saturated heterocycles. The van der Waals surface area contributed by atoms with Crippen molar-refractivity contribution < 1.29 is 48.7 Å². The molecule has 8 aromatic rings. The second kappa shape index (κ2) is 37.2. The van der Waals surface area contributed by atoms with Crippen molar-refractivity contribution in [2.45, 2.75) is 103 Å². The van der Waals surface area contributed by atoms with Crippen molar-refractivity contribution in [1.82, 2.24) is 0 Å². The van der Waals surface area contributed by atoms with Gasteiger partial charge >= 0.3 is 23.9 Å². The first-order valence-corrected chi connectivity index (χ1v) is 31.6. The predicted octanol–water partition coefficient (Wildman–Crippen LogP) is 19.5. The molecule has 480 valence electrons. The minimum absolute atomic E-state index is 0.168. The highest BCUT2D eigenvalue weighted by molar-refractivity contribution is 5.98. The molecule has 0 aliphatic heterocycles. The Morgan fingerprint density at radius 1 is 0.404 bits per heavy atom. The van der Waals surface area contributed by atoms with Gasteiger partial charge in [0.05, 0.1) is 13.2 Å². The number of carbonyl (C=O) groups excluding carboxylic acids is 1. The van der Waals surface area contributed by atoms with Crippen LogP contribution in [0, 0.1) is 22.7 Å². The molecule has 94 heavy (non-hydrogen) atoms. The number of carboxylic acids is 3. The van der Waals surface area contributed by atoms with Gasteiger partial charge in [0.15, 0.2) is 0 Å². The van der Waals surface area contributed by atoms with Gasteiger partial charge in [0.1, 0.15) is 40.4 Å². The van der Waals surface area contributed by atoms with E-state index in [2.05, 4.69) is 107 Å². The van der Waals surface area contributed by atoms with E-state index < -0.39 is 23.5 Å². The molecule has 0 atom stereocenters. The lowest BCUT2D eigenvalue weighted by Gasteiger charge is -2.25. The van der Waals surface area contributed by atoms with Crippen LogP contribution in [0.2, 0.25) is 0 Å². The highest BCUT2D eigenvalue weighted by Gasteiger charge is 2.18. The summed E-state index contributed by atoms with van der Waals surface area (Å²) in [7, 11) is 0. The summed E-state index contributed by atoms with van der Waals surface area (Å²) in [5.41, 5.74) is 9.94. The van der Waals surface area contributed by atoms with E-state index in [-0.39, 0.29) is 23.5 Å². The van der Waals surface area contributed by atoms with Gasteiger partial charge in [-0.1, -0.05) is 184 Å². The van der Waals surface area contributed by atoms with E-state index in [9.17, 15) is 39.9 Å². The first-order valence-electron chi connectivity index (χ1n) is 31.6. The third-order valence-electron chi connectivity index (χ3n) is 14.7. The summed E-state index contributed by atoms with van der Waals surface area (Å²) in [6.07, 6.45) is 19.7. The molecule has 14 nitrogen and oxygen atoms in total. The number of para-hydroxylation sites is 4. The lowest BCUT2D eigenvalue weighted by Crippen LogP contribution is -2.23. The zero-order chi connectivity index (χ0) is 66.9. The van der Waals surface area contributed by atoms with Crippen LogP contribution in [-0.2, 0) is 23.9 Å². The van der Waals surface area contributed by atoms with Gasteiger partial charge in [-0.3, -0.25) is 9.59 Å². The van der Waals surface area contributed by atoms with Gasteiger partial charge in [-0.15, -0.1) is 0 Å². The fourth-order valence-corrected chi connectivity index (χ4v) is 10.0. The number of hydrogen-bond acceptors (Lipinski definition) is 11. The topological polar surface area (TPSA) is 211 Å². The third kappa shape index (κ3) is 23.5.